The molecule has 0 spiro atoms. The van der Waals surface area contributed by atoms with Gasteiger partial charge in [-0.3, -0.25) is 9.67 Å². The average molecular weight is 265 g/mol. The molecule has 18 heavy (non-hydrogen) atoms. The van der Waals surface area contributed by atoms with E-state index in [1.165, 1.54) is 0 Å². The van der Waals surface area contributed by atoms with E-state index in [9.17, 15) is 0 Å². The number of halogens is 1. The first-order chi connectivity index (χ1) is 8.49. The smallest absolute Gasteiger partial charge is 0.0847 e. The largest absolute Gasteiger partial charge is 0.324 e. The Kier molecular flexibility index (Phi) is 3.68. The predicted molar refractivity (Wildman–Crippen MR) is 72.6 cm³/mol. The van der Waals surface area contributed by atoms with Crippen molar-refractivity contribution in [3.05, 3.63) is 46.0 Å². The van der Waals surface area contributed by atoms with Crippen molar-refractivity contribution >= 4 is 11.6 Å². The Labute approximate surface area is 112 Å². The lowest BCUT2D eigenvalue weighted by Crippen LogP contribution is -2.16. The molecule has 0 saturated heterocycles. The van der Waals surface area contributed by atoms with Crippen LogP contribution in [0.5, 0.6) is 0 Å². The molecule has 2 rings (SSSR count). The van der Waals surface area contributed by atoms with Gasteiger partial charge in [0.1, 0.15) is 0 Å². The molecule has 2 aromatic rings. The van der Waals surface area contributed by atoms with E-state index in [-0.39, 0.29) is 6.04 Å². The normalized spacial score (nSPS) is 12.7. The van der Waals surface area contributed by atoms with Crippen LogP contribution in [0.25, 0.3) is 0 Å². The number of nitrogens with two attached hydrogens (primary N) is 1. The third-order valence-corrected chi connectivity index (χ3v) is 3.52. The Morgan fingerprint density at radius 3 is 2.72 bits per heavy atom. The maximum atomic E-state index is 6.23. The molecule has 1 unspecified atom stereocenters. The Morgan fingerprint density at radius 2 is 2.17 bits per heavy atom. The van der Waals surface area contributed by atoms with E-state index in [0.717, 1.165) is 22.6 Å². The zero-order valence-corrected chi connectivity index (χ0v) is 11.6. The molecule has 4 nitrogen and oxygen atoms in total. The van der Waals surface area contributed by atoms with Crippen LogP contribution >= 0.6 is 11.6 Å². The quantitative estimate of drug-likeness (QED) is 0.926. The minimum absolute atomic E-state index is 0.0981. The van der Waals surface area contributed by atoms with Crippen molar-refractivity contribution in [2.45, 2.75) is 26.3 Å². The highest BCUT2D eigenvalue weighted by molar-refractivity contribution is 6.31. The van der Waals surface area contributed by atoms with Gasteiger partial charge in [-0.15, -0.1) is 0 Å². The molecular weight excluding hydrogens is 248 g/mol. The van der Waals surface area contributed by atoms with Crippen LogP contribution in [-0.2, 0) is 13.5 Å². The topological polar surface area (TPSA) is 56.7 Å². The van der Waals surface area contributed by atoms with Crippen molar-refractivity contribution < 1.29 is 0 Å². The van der Waals surface area contributed by atoms with Crippen LogP contribution in [0.2, 0.25) is 5.02 Å². The van der Waals surface area contributed by atoms with E-state index in [4.69, 9.17) is 17.3 Å². The molecule has 0 aliphatic heterocycles. The van der Waals surface area contributed by atoms with Gasteiger partial charge in [-0.05, 0) is 31.5 Å². The fraction of sp³-hybridized carbons (Fsp3) is 0.385. The first-order valence-electron chi connectivity index (χ1n) is 5.85. The number of hydrogen-bond acceptors (Lipinski definition) is 3. The summed E-state index contributed by atoms with van der Waals surface area (Å²) in [5.74, 6) is 0. The molecule has 0 aliphatic rings. The van der Waals surface area contributed by atoms with Gasteiger partial charge >= 0.3 is 0 Å². The third kappa shape index (κ3) is 2.54. The molecule has 2 aromatic heterocycles. The molecule has 2 N–H and O–H groups in total. The molecule has 0 amide bonds. The molecule has 2 heterocycles. The molecule has 5 heteroatoms. The summed E-state index contributed by atoms with van der Waals surface area (Å²) in [6, 6.07) is 3.84. The lowest BCUT2D eigenvalue weighted by atomic mass is 10.0. The highest BCUT2D eigenvalue weighted by atomic mass is 35.5. The average Bonchev–Trinajstić information content (AvgIpc) is 2.56. The lowest BCUT2D eigenvalue weighted by molar-refractivity contribution is 0.639. The molecule has 96 valence electrons. The SMILES string of the molecule is Cc1cc(C(N)Cc2c(Cl)c(C)nn2C)ccn1. The summed E-state index contributed by atoms with van der Waals surface area (Å²) in [6.07, 6.45) is 2.44. The van der Waals surface area contributed by atoms with Gasteiger partial charge in [0.15, 0.2) is 0 Å². The Balaban J connectivity index is 2.24. The Morgan fingerprint density at radius 1 is 1.44 bits per heavy atom. The molecule has 0 radical (unpaired) electrons. The minimum Gasteiger partial charge on any atom is -0.324 e. The molecule has 0 aliphatic carbocycles. The van der Waals surface area contributed by atoms with Gasteiger partial charge in [-0.25, -0.2) is 0 Å². The summed E-state index contributed by atoms with van der Waals surface area (Å²) < 4.78 is 1.80. The van der Waals surface area contributed by atoms with Crippen molar-refractivity contribution in [2.24, 2.45) is 12.8 Å². The summed E-state index contributed by atoms with van der Waals surface area (Å²) in [7, 11) is 1.89. The van der Waals surface area contributed by atoms with E-state index in [1.807, 2.05) is 33.0 Å². The van der Waals surface area contributed by atoms with Crippen LogP contribution < -0.4 is 5.73 Å². The molecule has 0 aromatic carbocycles. The predicted octanol–water partition coefficient (Wildman–Crippen LogP) is 2.33. The molecule has 0 saturated carbocycles. The maximum absolute atomic E-state index is 6.23. The van der Waals surface area contributed by atoms with Crippen LogP contribution in [0.1, 0.15) is 28.7 Å². The molecule has 0 fully saturated rings. The van der Waals surface area contributed by atoms with Crippen molar-refractivity contribution in [1.29, 1.82) is 0 Å². The first-order valence-corrected chi connectivity index (χ1v) is 6.23. The van der Waals surface area contributed by atoms with Crippen molar-refractivity contribution in [3.8, 4) is 0 Å². The van der Waals surface area contributed by atoms with E-state index in [2.05, 4.69) is 10.1 Å². The zero-order chi connectivity index (χ0) is 13.3. The summed E-state index contributed by atoms with van der Waals surface area (Å²) in [4.78, 5) is 4.17. The van der Waals surface area contributed by atoms with Gasteiger partial charge < -0.3 is 5.73 Å². The van der Waals surface area contributed by atoms with Gasteiger partial charge in [0.05, 0.1) is 16.4 Å². The standard InChI is InChI=1S/C13H17ClN4/c1-8-6-10(4-5-16-8)11(15)7-12-13(14)9(2)17-18(12)3/h4-6,11H,7,15H2,1-3H3. The second kappa shape index (κ2) is 5.08. The van der Waals surface area contributed by atoms with Crippen molar-refractivity contribution in [1.82, 2.24) is 14.8 Å². The first kappa shape index (κ1) is 13.1. The molecule has 0 bridgehead atoms. The number of aromatic nitrogens is 3. The second-order valence-corrected chi connectivity index (χ2v) is 4.89. The van der Waals surface area contributed by atoms with Gasteiger partial charge in [0.25, 0.3) is 0 Å². The minimum atomic E-state index is -0.0981. The van der Waals surface area contributed by atoms with Crippen LogP contribution in [0.4, 0.5) is 0 Å². The van der Waals surface area contributed by atoms with Crippen LogP contribution in [-0.4, -0.2) is 14.8 Å². The van der Waals surface area contributed by atoms with E-state index in [1.54, 1.807) is 10.9 Å². The summed E-state index contributed by atoms with van der Waals surface area (Å²) in [5.41, 5.74) is 10.1. The van der Waals surface area contributed by atoms with E-state index in [0.29, 0.717) is 11.4 Å². The maximum Gasteiger partial charge on any atom is 0.0847 e. The van der Waals surface area contributed by atoms with Gasteiger partial charge in [0.2, 0.25) is 0 Å². The third-order valence-electron chi connectivity index (χ3n) is 3.02. The second-order valence-electron chi connectivity index (χ2n) is 4.51. The summed E-state index contributed by atoms with van der Waals surface area (Å²) in [5, 5.41) is 5.00. The number of pyridine rings is 1. The van der Waals surface area contributed by atoms with E-state index < -0.39 is 0 Å². The van der Waals surface area contributed by atoms with Crippen LogP contribution in [0, 0.1) is 13.8 Å². The monoisotopic (exact) mass is 264 g/mol. The van der Waals surface area contributed by atoms with Crippen molar-refractivity contribution in [3.63, 3.8) is 0 Å². The summed E-state index contributed by atoms with van der Waals surface area (Å²) >= 11 is 6.23. The molecular formula is C13H17ClN4. The summed E-state index contributed by atoms with van der Waals surface area (Å²) in [6.45, 7) is 3.85. The lowest BCUT2D eigenvalue weighted by Gasteiger charge is -2.13. The number of aryl methyl sites for hydroxylation is 3. The van der Waals surface area contributed by atoms with Crippen LogP contribution in [0.15, 0.2) is 18.3 Å². The Hall–Kier alpha value is -1.39. The number of nitrogens with zero attached hydrogens (tertiary/aromatic N) is 3. The fourth-order valence-corrected chi connectivity index (χ4v) is 2.26. The van der Waals surface area contributed by atoms with Crippen LogP contribution in [0.3, 0.4) is 0 Å². The number of rotatable bonds is 3. The van der Waals surface area contributed by atoms with Crippen molar-refractivity contribution in [2.75, 3.05) is 0 Å². The Bertz CT molecular complexity index is 562. The van der Waals surface area contributed by atoms with Gasteiger partial charge in [-0.1, -0.05) is 11.6 Å². The highest BCUT2D eigenvalue weighted by Crippen LogP contribution is 2.24. The fourth-order valence-electron chi connectivity index (χ4n) is 2.03. The number of hydrogen-bond donors (Lipinski definition) is 1. The molecule has 1 atom stereocenters. The van der Waals surface area contributed by atoms with Gasteiger partial charge in [0, 0.05) is 31.4 Å². The van der Waals surface area contributed by atoms with Gasteiger partial charge in [-0.2, -0.15) is 5.10 Å². The highest BCUT2D eigenvalue weighted by Gasteiger charge is 2.15. The zero-order valence-electron chi connectivity index (χ0n) is 10.8. The van der Waals surface area contributed by atoms with E-state index >= 15 is 0 Å².